The maximum Gasteiger partial charge on any atom is 0.264 e. The molecule has 0 fully saturated rings. The van der Waals surface area contributed by atoms with Crippen molar-refractivity contribution in [3.63, 3.8) is 0 Å². The normalized spacial score (nSPS) is 12.2. The fraction of sp³-hybridized carbons (Fsp3) is 0.467. The molecular formula is C15H20N2O4. The van der Waals surface area contributed by atoms with Crippen molar-refractivity contribution in [2.24, 2.45) is 0 Å². The van der Waals surface area contributed by atoms with E-state index in [2.05, 4.69) is 10.1 Å². The summed E-state index contributed by atoms with van der Waals surface area (Å²) in [5, 5.41) is 3.88. The number of ether oxygens (including phenoxy) is 3. The molecule has 0 saturated carbocycles. The second kappa shape index (κ2) is 7.08. The summed E-state index contributed by atoms with van der Waals surface area (Å²) in [6.45, 7) is 6.57. The molecule has 21 heavy (non-hydrogen) atoms. The first-order chi connectivity index (χ1) is 10.1. The number of aromatic nitrogens is 2. The molecule has 0 N–H and O–H groups in total. The zero-order chi connectivity index (χ0) is 15.2. The highest BCUT2D eigenvalue weighted by Gasteiger charge is 2.14. The summed E-state index contributed by atoms with van der Waals surface area (Å²) in [5.74, 6) is 2.24. The number of methoxy groups -OCH3 is 1. The van der Waals surface area contributed by atoms with Gasteiger partial charge in [0.2, 0.25) is 0 Å². The Hall–Kier alpha value is -2.08. The maximum atomic E-state index is 5.66. The number of nitrogens with zero attached hydrogens (tertiary/aromatic N) is 2. The fourth-order valence-electron chi connectivity index (χ4n) is 1.85. The Bertz CT molecular complexity index is 583. The molecule has 2 rings (SSSR count). The Balaban J connectivity index is 2.00. The molecule has 1 aromatic carbocycles. The summed E-state index contributed by atoms with van der Waals surface area (Å²) in [6.07, 6.45) is -0.193. The molecular weight excluding hydrogens is 272 g/mol. The smallest absolute Gasteiger partial charge is 0.264 e. The lowest BCUT2D eigenvalue weighted by molar-refractivity contribution is 0.0683. The summed E-state index contributed by atoms with van der Waals surface area (Å²) in [5.41, 5.74) is 1.10. The van der Waals surface area contributed by atoms with E-state index in [1.165, 1.54) is 0 Å². The van der Waals surface area contributed by atoms with Crippen molar-refractivity contribution in [2.75, 3.05) is 13.7 Å². The molecule has 1 aromatic heterocycles. The minimum atomic E-state index is -0.193. The Morgan fingerprint density at radius 1 is 1.29 bits per heavy atom. The quantitative estimate of drug-likeness (QED) is 0.781. The van der Waals surface area contributed by atoms with E-state index in [0.717, 1.165) is 5.56 Å². The predicted molar refractivity (Wildman–Crippen MR) is 76.4 cm³/mol. The minimum absolute atomic E-state index is 0.186. The molecule has 1 heterocycles. The van der Waals surface area contributed by atoms with Gasteiger partial charge in [0.1, 0.15) is 6.10 Å². The Morgan fingerprint density at radius 2 is 2.10 bits per heavy atom. The van der Waals surface area contributed by atoms with E-state index in [1.807, 2.05) is 39.0 Å². The van der Waals surface area contributed by atoms with Crippen molar-refractivity contribution in [3.05, 3.63) is 35.5 Å². The van der Waals surface area contributed by atoms with Crippen molar-refractivity contribution >= 4 is 0 Å². The summed E-state index contributed by atoms with van der Waals surface area (Å²) < 4.78 is 21.5. The number of rotatable bonds is 7. The van der Waals surface area contributed by atoms with Crippen LogP contribution in [-0.2, 0) is 11.3 Å². The van der Waals surface area contributed by atoms with Crippen molar-refractivity contribution in [3.8, 4) is 11.5 Å². The molecule has 2 aromatic rings. The molecule has 6 heteroatoms. The highest BCUT2D eigenvalue weighted by Crippen LogP contribution is 2.28. The maximum absolute atomic E-state index is 5.66. The largest absolute Gasteiger partial charge is 0.493 e. The first kappa shape index (κ1) is 15.3. The molecule has 6 nitrogen and oxygen atoms in total. The monoisotopic (exact) mass is 292 g/mol. The van der Waals surface area contributed by atoms with Crippen LogP contribution in [0.5, 0.6) is 11.5 Å². The Labute approximate surface area is 124 Å². The summed E-state index contributed by atoms with van der Waals surface area (Å²) >= 11 is 0. The van der Waals surface area contributed by atoms with Gasteiger partial charge in [-0.3, -0.25) is 0 Å². The Kier molecular flexibility index (Phi) is 5.16. The molecule has 0 aliphatic carbocycles. The van der Waals surface area contributed by atoms with E-state index >= 15 is 0 Å². The first-order valence-electron chi connectivity index (χ1n) is 6.85. The van der Waals surface area contributed by atoms with Crippen LogP contribution in [0.25, 0.3) is 0 Å². The SMILES string of the molecule is CCOC(C)c1noc(COc2ccc(C)cc2OC)n1. The Morgan fingerprint density at radius 3 is 2.81 bits per heavy atom. The van der Waals surface area contributed by atoms with Gasteiger partial charge in [-0.2, -0.15) is 4.98 Å². The van der Waals surface area contributed by atoms with E-state index in [0.29, 0.717) is 29.8 Å². The molecule has 0 saturated heterocycles. The van der Waals surface area contributed by atoms with Crippen molar-refractivity contribution in [1.29, 1.82) is 0 Å². The van der Waals surface area contributed by atoms with Crippen molar-refractivity contribution in [1.82, 2.24) is 10.1 Å². The van der Waals surface area contributed by atoms with Crippen LogP contribution < -0.4 is 9.47 Å². The second-order valence-electron chi connectivity index (χ2n) is 4.59. The summed E-state index contributed by atoms with van der Waals surface area (Å²) in [7, 11) is 1.61. The molecule has 0 amide bonds. The number of aryl methyl sites for hydroxylation is 1. The zero-order valence-electron chi connectivity index (χ0n) is 12.8. The third kappa shape index (κ3) is 3.95. The van der Waals surface area contributed by atoms with Crippen LogP contribution in [-0.4, -0.2) is 23.9 Å². The van der Waals surface area contributed by atoms with Crippen molar-refractivity contribution < 1.29 is 18.7 Å². The topological polar surface area (TPSA) is 66.6 Å². The highest BCUT2D eigenvalue weighted by atomic mass is 16.5. The van der Waals surface area contributed by atoms with E-state index in [4.69, 9.17) is 18.7 Å². The van der Waals surface area contributed by atoms with Gasteiger partial charge in [0, 0.05) is 6.61 Å². The first-order valence-corrected chi connectivity index (χ1v) is 6.85. The molecule has 0 bridgehead atoms. The molecule has 1 atom stereocenters. The zero-order valence-corrected chi connectivity index (χ0v) is 12.8. The van der Waals surface area contributed by atoms with Crippen LogP contribution in [0.3, 0.4) is 0 Å². The van der Waals surface area contributed by atoms with E-state index < -0.39 is 0 Å². The average molecular weight is 292 g/mol. The second-order valence-corrected chi connectivity index (χ2v) is 4.59. The standard InChI is InChI=1S/C15H20N2O4/c1-5-19-11(3)15-16-14(21-17-15)9-20-12-7-6-10(2)8-13(12)18-4/h6-8,11H,5,9H2,1-4H3. The van der Waals surface area contributed by atoms with Crippen LogP contribution in [0.4, 0.5) is 0 Å². The minimum Gasteiger partial charge on any atom is -0.493 e. The molecule has 0 radical (unpaired) electrons. The van der Waals surface area contributed by atoms with Crippen LogP contribution in [0.2, 0.25) is 0 Å². The van der Waals surface area contributed by atoms with Crippen LogP contribution >= 0.6 is 0 Å². The number of benzene rings is 1. The predicted octanol–water partition coefficient (Wildman–Crippen LogP) is 3.06. The van der Waals surface area contributed by atoms with E-state index in [1.54, 1.807) is 7.11 Å². The van der Waals surface area contributed by atoms with Gasteiger partial charge < -0.3 is 18.7 Å². The highest BCUT2D eigenvalue weighted by molar-refractivity contribution is 5.42. The van der Waals surface area contributed by atoms with Gasteiger partial charge in [0.05, 0.1) is 7.11 Å². The third-order valence-electron chi connectivity index (χ3n) is 2.93. The van der Waals surface area contributed by atoms with Gasteiger partial charge in [0.25, 0.3) is 5.89 Å². The molecule has 0 aliphatic heterocycles. The summed E-state index contributed by atoms with van der Waals surface area (Å²) in [4.78, 5) is 4.25. The van der Waals surface area contributed by atoms with Gasteiger partial charge in [-0.1, -0.05) is 11.2 Å². The van der Waals surface area contributed by atoms with Crippen LogP contribution in [0, 0.1) is 6.92 Å². The lowest BCUT2D eigenvalue weighted by Gasteiger charge is -2.09. The van der Waals surface area contributed by atoms with Gasteiger partial charge in [0.15, 0.2) is 23.9 Å². The lowest BCUT2D eigenvalue weighted by Crippen LogP contribution is -2.02. The fourth-order valence-corrected chi connectivity index (χ4v) is 1.85. The summed E-state index contributed by atoms with van der Waals surface area (Å²) in [6, 6.07) is 5.72. The van der Waals surface area contributed by atoms with E-state index in [9.17, 15) is 0 Å². The van der Waals surface area contributed by atoms with Gasteiger partial charge in [-0.15, -0.1) is 0 Å². The molecule has 1 unspecified atom stereocenters. The molecule has 114 valence electrons. The number of hydrogen-bond donors (Lipinski definition) is 0. The van der Waals surface area contributed by atoms with Crippen LogP contribution in [0.1, 0.15) is 37.2 Å². The average Bonchev–Trinajstić information content (AvgIpc) is 2.95. The van der Waals surface area contributed by atoms with Crippen molar-refractivity contribution in [2.45, 2.75) is 33.5 Å². The van der Waals surface area contributed by atoms with E-state index in [-0.39, 0.29) is 12.7 Å². The van der Waals surface area contributed by atoms with Gasteiger partial charge >= 0.3 is 0 Å². The molecule has 0 aliphatic rings. The molecule has 0 spiro atoms. The third-order valence-corrected chi connectivity index (χ3v) is 2.93. The van der Waals surface area contributed by atoms with Gasteiger partial charge in [-0.05, 0) is 38.5 Å². The lowest BCUT2D eigenvalue weighted by atomic mass is 10.2. The number of hydrogen-bond acceptors (Lipinski definition) is 6. The van der Waals surface area contributed by atoms with Gasteiger partial charge in [-0.25, -0.2) is 0 Å². The van der Waals surface area contributed by atoms with Crippen LogP contribution in [0.15, 0.2) is 22.7 Å².